The van der Waals surface area contributed by atoms with Crippen molar-refractivity contribution in [2.45, 2.75) is 82.6 Å². The maximum atomic E-state index is 12.9. The Labute approximate surface area is 204 Å². The van der Waals surface area contributed by atoms with E-state index in [0.29, 0.717) is 23.2 Å². The van der Waals surface area contributed by atoms with Crippen molar-refractivity contribution in [2.24, 2.45) is 5.92 Å². The average molecular weight is 480 g/mol. The molecule has 0 spiro atoms. The van der Waals surface area contributed by atoms with Gasteiger partial charge in [-0.1, -0.05) is 25.0 Å². The lowest BCUT2D eigenvalue weighted by atomic mass is 9.83. The van der Waals surface area contributed by atoms with Crippen molar-refractivity contribution in [1.29, 1.82) is 0 Å². The Morgan fingerprint density at radius 3 is 2.91 bits per heavy atom. The van der Waals surface area contributed by atoms with Crippen molar-refractivity contribution in [2.75, 3.05) is 11.9 Å². The molecule has 9 nitrogen and oxygen atoms in total. The second-order valence-electron chi connectivity index (χ2n) is 10.9. The summed E-state index contributed by atoms with van der Waals surface area (Å²) in [5.74, 6) is 2.03. The number of carbonyl (C=O) groups is 2. The molecule has 3 heterocycles. The molecule has 3 atom stereocenters. The first-order valence-electron chi connectivity index (χ1n) is 12.8. The van der Waals surface area contributed by atoms with Crippen LogP contribution in [-0.2, 0) is 16.0 Å². The number of ether oxygens (including phenoxy) is 2. The van der Waals surface area contributed by atoms with E-state index in [0.717, 1.165) is 56.2 Å². The Morgan fingerprint density at radius 2 is 2.09 bits per heavy atom. The summed E-state index contributed by atoms with van der Waals surface area (Å²) in [5.41, 5.74) is 1.74. The average Bonchev–Trinajstić information content (AvgIpc) is 3.51. The van der Waals surface area contributed by atoms with Gasteiger partial charge in [-0.15, -0.1) is 0 Å². The van der Waals surface area contributed by atoms with Crippen LogP contribution in [0.15, 0.2) is 24.3 Å². The number of nitrogens with zero attached hydrogens (tertiary/aromatic N) is 2. The molecule has 9 heteroatoms. The number of rotatable bonds is 6. The summed E-state index contributed by atoms with van der Waals surface area (Å²) in [6.07, 6.45) is 6.59. The molecule has 0 bridgehead atoms. The van der Waals surface area contributed by atoms with Gasteiger partial charge in [0, 0.05) is 30.0 Å². The van der Waals surface area contributed by atoms with Crippen LogP contribution in [0.4, 0.5) is 5.82 Å². The molecule has 2 aromatic rings. The molecule has 4 aliphatic rings. The topological polar surface area (TPSA) is 107 Å². The molecule has 2 amide bonds. The minimum Gasteiger partial charge on any atom is -0.483 e. The minimum absolute atomic E-state index is 0.00435. The third kappa shape index (κ3) is 4.49. The number of amides is 2. The third-order valence-electron chi connectivity index (χ3n) is 7.43. The lowest BCUT2D eigenvalue weighted by Crippen LogP contribution is -2.59. The number of carbonyl (C=O) groups excluding carboxylic acids is 2. The van der Waals surface area contributed by atoms with E-state index in [1.807, 2.05) is 38.1 Å². The number of benzene rings is 1. The number of aromatic nitrogens is 2. The molecular weight excluding hydrogens is 446 g/mol. The van der Waals surface area contributed by atoms with E-state index in [2.05, 4.69) is 16.0 Å². The van der Waals surface area contributed by atoms with Gasteiger partial charge in [0.2, 0.25) is 5.91 Å². The van der Waals surface area contributed by atoms with E-state index < -0.39 is 6.29 Å². The standard InChI is InChI=1S/C26H33N5O4/c1-26(2)13-16-6-5-9-20(23(16)35-26)34-14-22(32)28-21-12-19(15-10-11-15)30-31(21)25-27-18-8-4-3-7-17(18)24(33)29-25/h5-6,9,12,15,17-18,25,27H,3-4,7-8,10-11,13-14H2,1-2H3,(H,28,32)(H,29,33). The zero-order valence-corrected chi connectivity index (χ0v) is 20.3. The number of hydrogen-bond acceptors (Lipinski definition) is 6. The van der Waals surface area contributed by atoms with Crippen LogP contribution in [0.2, 0.25) is 0 Å². The Bertz CT molecular complexity index is 1150. The number of para-hydroxylation sites is 1. The van der Waals surface area contributed by atoms with Crippen molar-refractivity contribution in [3.63, 3.8) is 0 Å². The summed E-state index contributed by atoms with van der Waals surface area (Å²) in [5, 5.41) is 14.3. The summed E-state index contributed by atoms with van der Waals surface area (Å²) in [7, 11) is 0. The Kier molecular flexibility index (Phi) is 5.47. The van der Waals surface area contributed by atoms with Crippen LogP contribution in [0.1, 0.15) is 75.8 Å². The van der Waals surface area contributed by atoms with Crippen LogP contribution in [0.5, 0.6) is 11.5 Å². The highest BCUT2D eigenvalue weighted by atomic mass is 16.5. The molecule has 0 radical (unpaired) electrons. The predicted molar refractivity (Wildman–Crippen MR) is 129 cm³/mol. The van der Waals surface area contributed by atoms with Gasteiger partial charge in [-0.25, -0.2) is 4.68 Å². The van der Waals surface area contributed by atoms with E-state index >= 15 is 0 Å². The van der Waals surface area contributed by atoms with Crippen molar-refractivity contribution in [1.82, 2.24) is 20.4 Å². The maximum absolute atomic E-state index is 12.9. The molecule has 186 valence electrons. The molecule has 3 fully saturated rings. The highest BCUT2D eigenvalue weighted by Gasteiger charge is 2.39. The van der Waals surface area contributed by atoms with Crippen LogP contribution in [0, 0.1) is 5.92 Å². The summed E-state index contributed by atoms with van der Waals surface area (Å²) in [4.78, 5) is 25.7. The van der Waals surface area contributed by atoms with Gasteiger partial charge in [0.1, 0.15) is 11.4 Å². The molecule has 6 rings (SSSR count). The van der Waals surface area contributed by atoms with Crippen LogP contribution in [0.25, 0.3) is 0 Å². The molecular formula is C26H33N5O4. The van der Waals surface area contributed by atoms with Gasteiger partial charge < -0.3 is 20.1 Å². The van der Waals surface area contributed by atoms with Crippen molar-refractivity contribution < 1.29 is 19.1 Å². The zero-order valence-electron chi connectivity index (χ0n) is 20.3. The molecule has 2 aliphatic carbocycles. The monoisotopic (exact) mass is 479 g/mol. The van der Waals surface area contributed by atoms with Crippen LogP contribution >= 0.6 is 0 Å². The smallest absolute Gasteiger partial charge is 0.263 e. The van der Waals surface area contributed by atoms with Gasteiger partial charge >= 0.3 is 0 Å². The second-order valence-corrected chi connectivity index (χ2v) is 10.9. The molecule has 3 unspecified atom stereocenters. The van der Waals surface area contributed by atoms with Crippen molar-refractivity contribution >= 4 is 17.6 Å². The van der Waals surface area contributed by atoms with E-state index in [1.54, 1.807) is 4.68 Å². The fourth-order valence-electron chi connectivity index (χ4n) is 5.57. The van der Waals surface area contributed by atoms with Crippen LogP contribution in [0.3, 0.4) is 0 Å². The third-order valence-corrected chi connectivity index (χ3v) is 7.43. The molecule has 1 aromatic heterocycles. The fraction of sp³-hybridized carbons (Fsp3) is 0.577. The maximum Gasteiger partial charge on any atom is 0.263 e. The quantitative estimate of drug-likeness (QED) is 0.587. The fourth-order valence-corrected chi connectivity index (χ4v) is 5.57. The summed E-state index contributed by atoms with van der Waals surface area (Å²) in [6, 6.07) is 7.82. The first-order valence-corrected chi connectivity index (χ1v) is 12.8. The zero-order chi connectivity index (χ0) is 24.2. The predicted octanol–water partition coefficient (Wildman–Crippen LogP) is 3.23. The first-order chi connectivity index (χ1) is 16.9. The molecule has 3 N–H and O–H groups in total. The number of hydrogen-bond donors (Lipinski definition) is 3. The minimum atomic E-state index is -0.487. The Hall–Kier alpha value is -3.07. The van der Waals surface area contributed by atoms with Gasteiger partial charge in [-0.2, -0.15) is 5.10 Å². The van der Waals surface area contributed by atoms with Gasteiger partial charge in [-0.05, 0) is 45.6 Å². The number of anilines is 1. The molecule has 1 aromatic carbocycles. The Morgan fingerprint density at radius 1 is 1.26 bits per heavy atom. The molecule has 2 aliphatic heterocycles. The van der Waals surface area contributed by atoms with E-state index in [9.17, 15) is 9.59 Å². The van der Waals surface area contributed by atoms with Gasteiger partial charge in [0.25, 0.3) is 5.91 Å². The highest BCUT2D eigenvalue weighted by molar-refractivity contribution is 5.91. The largest absolute Gasteiger partial charge is 0.483 e. The van der Waals surface area contributed by atoms with Crippen molar-refractivity contribution in [3.8, 4) is 11.5 Å². The second kappa shape index (κ2) is 8.55. The highest BCUT2D eigenvalue weighted by Crippen LogP contribution is 2.42. The summed E-state index contributed by atoms with van der Waals surface area (Å²) < 4.78 is 13.6. The summed E-state index contributed by atoms with van der Waals surface area (Å²) in [6.45, 7) is 3.92. The number of nitrogens with one attached hydrogen (secondary N) is 3. The molecule has 2 saturated carbocycles. The van der Waals surface area contributed by atoms with E-state index in [-0.39, 0.29) is 36.0 Å². The lowest BCUT2D eigenvalue weighted by molar-refractivity contribution is -0.132. The van der Waals surface area contributed by atoms with E-state index in [4.69, 9.17) is 14.6 Å². The Balaban J connectivity index is 1.16. The normalized spacial score (nSPS) is 26.8. The van der Waals surface area contributed by atoms with Gasteiger partial charge in [0.15, 0.2) is 24.4 Å². The first kappa shape index (κ1) is 22.4. The lowest BCUT2D eigenvalue weighted by Gasteiger charge is -2.40. The molecule has 35 heavy (non-hydrogen) atoms. The van der Waals surface area contributed by atoms with E-state index in [1.165, 1.54) is 0 Å². The molecule has 1 saturated heterocycles. The van der Waals surface area contributed by atoms with Crippen molar-refractivity contribution in [3.05, 3.63) is 35.5 Å². The van der Waals surface area contributed by atoms with Crippen LogP contribution in [-0.4, -0.2) is 39.8 Å². The number of fused-ring (bicyclic) bond motifs is 2. The summed E-state index contributed by atoms with van der Waals surface area (Å²) >= 11 is 0. The SMILES string of the molecule is CC1(C)Cc2cccc(OCC(=O)Nc3cc(C4CC4)nn3C3NC(=O)C4CCCCC4N3)c2O1. The van der Waals surface area contributed by atoms with Gasteiger partial charge in [0.05, 0.1) is 11.6 Å². The van der Waals surface area contributed by atoms with Crippen LogP contribution < -0.4 is 25.4 Å². The van der Waals surface area contributed by atoms with Gasteiger partial charge in [-0.3, -0.25) is 14.9 Å².